The molecule has 2 atom stereocenters. The van der Waals surface area contributed by atoms with Gasteiger partial charge in [0.25, 0.3) is 0 Å². The zero-order chi connectivity index (χ0) is 13.8. The second-order valence-electron chi connectivity index (χ2n) is 5.23. The number of hydrogen-bond acceptors (Lipinski definition) is 4. The minimum atomic E-state index is 0.164. The number of hydrogen-bond donors (Lipinski definition) is 4. The van der Waals surface area contributed by atoms with Gasteiger partial charge in [0.15, 0.2) is 0 Å². The molecule has 3 aliphatic rings. The van der Waals surface area contributed by atoms with Crippen LogP contribution in [0.2, 0.25) is 0 Å². The van der Waals surface area contributed by atoms with Gasteiger partial charge < -0.3 is 21.1 Å². The van der Waals surface area contributed by atoms with E-state index >= 15 is 0 Å². The van der Waals surface area contributed by atoms with Crippen LogP contribution in [0.15, 0.2) is 59.5 Å². The maximum atomic E-state index is 8.92. The van der Waals surface area contributed by atoms with Crippen molar-refractivity contribution in [2.75, 3.05) is 19.7 Å². The molecule has 0 bridgehead atoms. The van der Waals surface area contributed by atoms with E-state index < -0.39 is 0 Å². The average Bonchev–Trinajstić information content (AvgIpc) is 2.64. The van der Waals surface area contributed by atoms with E-state index in [1.54, 1.807) is 0 Å². The summed E-state index contributed by atoms with van der Waals surface area (Å²) in [5.74, 6) is 0.433. The molecule has 4 nitrogen and oxygen atoms in total. The van der Waals surface area contributed by atoms with Gasteiger partial charge in [0.1, 0.15) is 6.17 Å². The van der Waals surface area contributed by atoms with E-state index in [0.29, 0.717) is 12.5 Å². The van der Waals surface area contributed by atoms with Crippen LogP contribution in [0.1, 0.15) is 6.42 Å². The van der Waals surface area contributed by atoms with Crippen LogP contribution in [0.4, 0.5) is 0 Å². The largest absolute Gasteiger partial charge is 0.395 e. The summed E-state index contributed by atoms with van der Waals surface area (Å²) in [6.07, 6.45) is 16.1. The zero-order valence-corrected chi connectivity index (χ0v) is 11.5. The third-order valence-corrected chi connectivity index (χ3v) is 3.88. The number of allylic oxidation sites excluding steroid dienone is 7. The number of nitrogens with one attached hydrogen (secondary N) is 3. The standard InChI is InChI=1S/C16H21N3O/c20-9-8-17-11-15-14-6-2-1-4-12(14)10-13-5-3-7-18-16(13)19-15/h1-7,12,16-20H,8-11H2. The average molecular weight is 271 g/mol. The molecule has 2 heterocycles. The van der Waals surface area contributed by atoms with Gasteiger partial charge in [-0.25, -0.2) is 0 Å². The molecule has 0 radical (unpaired) electrons. The Kier molecular flexibility index (Phi) is 4.04. The summed E-state index contributed by atoms with van der Waals surface area (Å²) in [7, 11) is 0. The SMILES string of the molecule is OCCNCC1=C2C=CC=CC2CC2=CC=CNC2N1. The molecular formula is C16H21N3O. The van der Waals surface area contributed by atoms with E-state index in [2.05, 4.69) is 52.4 Å². The van der Waals surface area contributed by atoms with Gasteiger partial charge in [0.05, 0.1) is 6.61 Å². The number of aliphatic hydroxyl groups excluding tert-OH is 1. The zero-order valence-electron chi connectivity index (χ0n) is 11.5. The molecule has 3 rings (SSSR count). The van der Waals surface area contributed by atoms with Gasteiger partial charge in [-0.05, 0) is 29.8 Å². The molecule has 0 aromatic heterocycles. The molecule has 4 heteroatoms. The van der Waals surface area contributed by atoms with Gasteiger partial charge in [-0.2, -0.15) is 0 Å². The molecule has 0 amide bonds. The fraction of sp³-hybridized carbons (Fsp3) is 0.375. The lowest BCUT2D eigenvalue weighted by Gasteiger charge is -2.25. The van der Waals surface area contributed by atoms with Crippen LogP contribution < -0.4 is 16.0 Å². The van der Waals surface area contributed by atoms with Crippen LogP contribution >= 0.6 is 0 Å². The smallest absolute Gasteiger partial charge is 0.119 e. The molecule has 0 spiro atoms. The first-order valence-electron chi connectivity index (χ1n) is 7.16. The molecule has 2 unspecified atom stereocenters. The third kappa shape index (κ3) is 2.71. The highest BCUT2D eigenvalue weighted by molar-refractivity contribution is 5.42. The molecule has 0 aromatic carbocycles. The molecule has 0 fully saturated rings. The normalized spacial score (nSPS) is 27.1. The van der Waals surface area contributed by atoms with Crippen LogP contribution in [0.3, 0.4) is 0 Å². The summed E-state index contributed by atoms with van der Waals surface area (Å²) in [6.45, 7) is 1.53. The van der Waals surface area contributed by atoms with Gasteiger partial charge in [-0.1, -0.05) is 30.4 Å². The minimum Gasteiger partial charge on any atom is -0.395 e. The molecule has 106 valence electrons. The lowest BCUT2D eigenvalue weighted by atomic mass is 9.87. The van der Waals surface area contributed by atoms with Crippen molar-refractivity contribution < 1.29 is 5.11 Å². The minimum absolute atomic E-state index is 0.164. The van der Waals surface area contributed by atoms with E-state index in [0.717, 1.165) is 13.0 Å². The summed E-state index contributed by atoms with van der Waals surface area (Å²) in [5.41, 5.74) is 3.93. The molecule has 1 aliphatic carbocycles. The Morgan fingerprint density at radius 1 is 1.30 bits per heavy atom. The Labute approximate surface area is 119 Å². The maximum absolute atomic E-state index is 8.92. The Hall–Kier alpha value is -1.78. The van der Waals surface area contributed by atoms with Gasteiger partial charge in [0.2, 0.25) is 0 Å². The molecular weight excluding hydrogens is 250 g/mol. The van der Waals surface area contributed by atoms with Crippen molar-refractivity contribution in [3.63, 3.8) is 0 Å². The van der Waals surface area contributed by atoms with Crippen molar-refractivity contribution in [1.29, 1.82) is 0 Å². The van der Waals surface area contributed by atoms with Crippen LogP contribution in [-0.2, 0) is 0 Å². The molecule has 4 N–H and O–H groups in total. The fourth-order valence-electron chi connectivity index (χ4n) is 2.89. The van der Waals surface area contributed by atoms with Crippen LogP contribution in [0.5, 0.6) is 0 Å². The monoisotopic (exact) mass is 271 g/mol. The van der Waals surface area contributed by atoms with Crippen molar-refractivity contribution in [3.05, 3.63) is 59.5 Å². The highest BCUT2D eigenvalue weighted by Gasteiger charge is 2.27. The van der Waals surface area contributed by atoms with Crippen molar-refractivity contribution >= 4 is 0 Å². The third-order valence-electron chi connectivity index (χ3n) is 3.88. The number of aliphatic hydroxyl groups is 1. The van der Waals surface area contributed by atoms with E-state index in [4.69, 9.17) is 5.11 Å². The number of dihydropyridines is 1. The summed E-state index contributed by atoms with van der Waals surface area (Å²) in [5, 5.41) is 19.2. The fourth-order valence-corrected chi connectivity index (χ4v) is 2.89. The van der Waals surface area contributed by atoms with Crippen molar-refractivity contribution in [2.45, 2.75) is 12.6 Å². The molecule has 0 saturated heterocycles. The Bertz CT molecular complexity index is 514. The van der Waals surface area contributed by atoms with Crippen LogP contribution in [0.25, 0.3) is 0 Å². The van der Waals surface area contributed by atoms with Crippen molar-refractivity contribution in [3.8, 4) is 0 Å². The van der Waals surface area contributed by atoms with Crippen LogP contribution in [-0.4, -0.2) is 31.0 Å². The second-order valence-corrected chi connectivity index (χ2v) is 5.23. The Morgan fingerprint density at radius 2 is 2.25 bits per heavy atom. The highest BCUT2D eigenvalue weighted by atomic mass is 16.3. The highest BCUT2D eigenvalue weighted by Crippen LogP contribution is 2.32. The quantitative estimate of drug-likeness (QED) is 0.575. The second kappa shape index (κ2) is 6.11. The van der Waals surface area contributed by atoms with Crippen molar-refractivity contribution in [1.82, 2.24) is 16.0 Å². The van der Waals surface area contributed by atoms with Gasteiger partial charge >= 0.3 is 0 Å². The van der Waals surface area contributed by atoms with E-state index in [-0.39, 0.29) is 12.8 Å². The first-order chi connectivity index (χ1) is 9.88. The Balaban J connectivity index is 1.85. The summed E-state index contributed by atoms with van der Waals surface area (Å²) < 4.78 is 0. The molecule has 0 aromatic rings. The predicted octanol–water partition coefficient (Wildman–Crippen LogP) is 0.927. The number of rotatable bonds is 4. The molecule has 20 heavy (non-hydrogen) atoms. The first-order valence-corrected chi connectivity index (χ1v) is 7.16. The summed E-state index contributed by atoms with van der Waals surface area (Å²) in [4.78, 5) is 0. The van der Waals surface area contributed by atoms with Crippen molar-refractivity contribution in [2.24, 2.45) is 5.92 Å². The van der Waals surface area contributed by atoms with E-state index in [9.17, 15) is 0 Å². The molecule has 2 aliphatic heterocycles. The van der Waals surface area contributed by atoms with E-state index in [1.165, 1.54) is 16.8 Å². The summed E-state index contributed by atoms with van der Waals surface area (Å²) in [6, 6.07) is 0. The topological polar surface area (TPSA) is 56.3 Å². The van der Waals surface area contributed by atoms with Gasteiger partial charge in [0, 0.05) is 24.7 Å². The van der Waals surface area contributed by atoms with E-state index in [1.807, 2.05) is 6.20 Å². The lowest BCUT2D eigenvalue weighted by Crippen LogP contribution is -2.43. The predicted molar refractivity (Wildman–Crippen MR) is 80.7 cm³/mol. The summed E-state index contributed by atoms with van der Waals surface area (Å²) >= 11 is 0. The maximum Gasteiger partial charge on any atom is 0.119 e. The lowest BCUT2D eigenvalue weighted by molar-refractivity contribution is 0.293. The van der Waals surface area contributed by atoms with Crippen LogP contribution in [0, 0.1) is 5.92 Å². The van der Waals surface area contributed by atoms with Gasteiger partial charge in [-0.3, -0.25) is 0 Å². The molecule has 0 saturated carbocycles. The van der Waals surface area contributed by atoms with Gasteiger partial charge in [-0.15, -0.1) is 0 Å². The Morgan fingerprint density at radius 3 is 3.15 bits per heavy atom. The number of fused-ring (bicyclic) bond motifs is 2. The first kappa shape index (κ1) is 13.2.